The van der Waals surface area contributed by atoms with Crippen molar-refractivity contribution in [3.8, 4) is 5.75 Å². The number of rotatable bonds is 4. The number of nitrogens with zero attached hydrogens (tertiary/aromatic N) is 3. The van der Waals surface area contributed by atoms with Crippen LogP contribution in [0.3, 0.4) is 0 Å². The predicted molar refractivity (Wildman–Crippen MR) is 131 cm³/mol. The highest BCUT2D eigenvalue weighted by Gasteiger charge is 2.28. The Morgan fingerprint density at radius 2 is 2.12 bits per heavy atom. The van der Waals surface area contributed by atoms with E-state index in [1.165, 1.54) is 0 Å². The van der Waals surface area contributed by atoms with Crippen molar-refractivity contribution in [2.75, 3.05) is 20.2 Å². The number of ether oxygens (including phenoxy) is 1. The Labute approximate surface area is 196 Å². The minimum absolute atomic E-state index is 0.0340. The molecule has 3 heterocycles. The van der Waals surface area contributed by atoms with E-state index < -0.39 is 0 Å². The van der Waals surface area contributed by atoms with Crippen molar-refractivity contribution in [1.82, 2.24) is 9.80 Å². The van der Waals surface area contributed by atoms with Gasteiger partial charge in [0.05, 0.1) is 6.61 Å². The number of halogens is 1. The predicted octanol–water partition coefficient (Wildman–Crippen LogP) is 5.48. The molecule has 0 radical (unpaired) electrons. The summed E-state index contributed by atoms with van der Waals surface area (Å²) < 4.78 is 20.8. The maximum Gasteiger partial charge on any atom is 0.272 e. The van der Waals surface area contributed by atoms with Crippen LogP contribution in [0.4, 0.5) is 4.39 Å². The summed E-state index contributed by atoms with van der Waals surface area (Å²) in [5, 5.41) is 0. The van der Waals surface area contributed by atoms with Gasteiger partial charge in [0.15, 0.2) is 11.6 Å². The number of fused-ring (bicyclic) bond motifs is 1. The highest BCUT2D eigenvalue weighted by Crippen LogP contribution is 2.34. The molecule has 1 unspecified atom stereocenters. The molecule has 176 valence electrons. The van der Waals surface area contributed by atoms with Gasteiger partial charge in [-0.3, -0.25) is 4.79 Å². The van der Waals surface area contributed by atoms with Crippen molar-refractivity contribution in [3.05, 3.63) is 59.3 Å². The van der Waals surface area contributed by atoms with Crippen LogP contribution in [0, 0.1) is 5.82 Å². The molecule has 1 atom stereocenters. The van der Waals surface area contributed by atoms with Crippen LogP contribution in [0.5, 0.6) is 5.75 Å². The van der Waals surface area contributed by atoms with Crippen LogP contribution in [0.1, 0.15) is 63.5 Å². The number of aliphatic imine (C=N–C) groups is 1. The molecular formula is C27H34FN3O2. The van der Waals surface area contributed by atoms with Crippen LogP contribution in [0.25, 0.3) is 5.57 Å². The first-order valence-electron chi connectivity index (χ1n) is 12.1. The van der Waals surface area contributed by atoms with Crippen LogP contribution < -0.4 is 4.74 Å². The lowest BCUT2D eigenvalue weighted by molar-refractivity contribution is -0.125. The number of hydrogen-bond donors (Lipinski definition) is 0. The number of carbonyl (C=O) groups is 1. The van der Waals surface area contributed by atoms with Crippen LogP contribution >= 0.6 is 0 Å². The SMILES string of the molecule is C=C(/C=C1/N=C(C(=O)N2CCCCCC2C)C=C(CC)N1C)c1ccc2c(c1F)OCCC2. The van der Waals surface area contributed by atoms with Gasteiger partial charge in [-0.05, 0) is 62.3 Å². The normalized spacial score (nSPS) is 22.2. The number of hydrogen-bond acceptors (Lipinski definition) is 4. The summed E-state index contributed by atoms with van der Waals surface area (Å²) in [6.07, 6.45) is 10.5. The largest absolute Gasteiger partial charge is 0.490 e. The molecule has 0 aromatic heterocycles. The van der Waals surface area contributed by atoms with E-state index in [0.29, 0.717) is 35.0 Å². The maximum atomic E-state index is 15.2. The number of likely N-dealkylation sites (tertiary alicyclic amines) is 1. The summed E-state index contributed by atoms with van der Waals surface area (Å²) >= 11 is 0. The van der Waals surface area contributed by atoms with Gasteiger partial charge in [-0.1, -0.05) is 38.5 Å². The number of allylic oxidation sites excluding steroid dienone is 3. The molecule has 3 aliphatic rings. The topological polar surface area (TPSA) is 45.1 Å². The number of carbonyl (C=O) groups excluding carboxylic acids is 1. The average molecular weight is 452 g/mol. The van der Waals surface area contributed by atoms with E-state index in [2.05, 4.69) is 20.4 Å². The Hall–Kier alpha value is -2.89. The lowest BCUT2D eigenvalue weighted by Crippen LogP contribution is -2.43. The second-order valence-electron chi connectivity index (χ2n) is 9.14. The van der Waals surface area contributed by atoms with Gasteiger partial charge < -0.3 is 14.5 Å². The Morgan fingerprint density at radius 3 is 2.91 bits per heavy atom. The summed E-state index contributed by atoms with van der Waals surface area (Å²) in [7, 11) is 1.92. The second-order valence-corrected chi connectivity index (χ2v) is 9.14. The molecule has 1 aromatic carbocycles. The fourth-order valence-corrected chi connectivity index (χ4v) is 4.80. The third-order valence-electron chi connectivity index (χ3n) is 6.87. The molecule has 6 heteroatoms. The molecule has 0 spiro atoms. The Balaban J connectivity index is 1.66. The van der Waals surface area contributed by atoms with Crippen LogP contribution in [-0.4, -0.2) is 47.7 Å². The molecule has 3 aliphatic heterocycles. The molecule has 4 rings (SSSR count). The van der Waals surface area contributed by atoms with Crippen LogP contribution in [-0.2, 0) is 11.2 Å². The maximum absolute atomic E-state index is 15.2. The molecule has 1 aromatic rings. The van der Waals surface area contributed by atoms with Crippen molar-refractivity contribution in [2.24, 2.45) is 4.99 Å². The molecule has 1 fully saturated rings. The van der Waals surface area contributed by atoms with E-state index >= 15 is 4.39 Å². The van der Waals surface area contributed by atoms with E-state index in [4.69, 9.17) is 9.73 Å². The molecule has 33 heavy (non-hydrogen) atoms. The molecule has 1 saturated heterocycles. The summed E-state index contributed by atoms with van der Waals surface area (Å²) in [6, 6.07) is 3.88. The molecule has 5 nitrogen and oxygen atoms in total. The Kier molecular flexibility index (Phi) is 7.01. The van der Waals surface area contributed by atoms with Gasteiger partial charge in [0.25, 0.3) is 5.91 Å². The van der Waals surface area contributed by atoms with Crippen molar-refractivity contribution in [3.63, 3.8) is 0 Å². The van der Waals surface area contributed by atoms with E-state index in [9.17, 15) is 4.79 Å². The van der Waals surface area contributed by atoms with Crippen molar-refractivity contribution >= 4 is 17.2 Å². The number of amides is 1. The zero-order valence-electron chi connectivity index (χ0n) is 20.0. The van der Waals surface area contributed by atoms with Crippen molar-refractivity contribution in [1.29, 1.82) is 0 Å². The third kappa shape index (κ3) is 4.75. The Morgan fingerprint density at radius 1 is 1.30 bits per heavy atom. The quantitative estimate of drug-likeness (QED) is 0.609. The molecule has 0 aliphatic carbocycles. The van der Waals surface area contributed by atoms with E-state index in [1.54, 1.807) is 12.1 Å². The van der Waals surface area contributed by atoms with Gasteiger partial charge in [0.1, 0.15) is 11.5 Å². The zero-order chi connectivity index (χ0) is 23.5. The van der Waals surface area contributed by atoms with E-state index in [1.807, 2.05) is 29.0 Å². The first-order valence-corrected chi connectivity index (χ1v) is 12.1. The van der Waals surface area contributed by atoms with Gasteiger partial charge in [-0.2, -0.15) is 0 Å². The second kappa shape index (κ2) is 9.94. The number of benzene rings is 1. The van der Waals surface area contributed by atoms with Crippen molar-refractivity contribution in [2.45, 2.75) is 64.8 Å². The van der Waals surface area contributed by atoms with Gasteiger partial charge in [-0.15, -0.1) is 0 Å². The van der Waals surface area contributed by atoms with E-state index in [-0.39, 0.29) is 17.8 Å². The highest BCUT2D eigenvalue weighted by molar-refractivity contribution is 6.43. The molecule has 0 bridgehead atoms. The minimum atomic E-state index is -0.377. The van der Waals surface area contributed by atoms with E-state index in [0.717, 1.165) is 62.8 Å². The lowest BCUT2D eigenvalue weighted by atomic mass is 9.99. The molecular weight excluding hydrogens is 417 g/mol. The fourth-order valence-electron chi connectivity index (χ4n) is 4.80. The van der Waals surface area contributed by atoms with Gasteiger partial charge >= 0.3 is 0 Å². The summed E-state index contributed by atoms with van der Waals surface area (Å²) in [4.78, 5) is 22.0. The van der Waals surface area contributed by atoms with Crippen molar-refractivity contribution < 1.29 is 13.9 Å². The smallest absolute Gasteiger partial charge is 0.272 e. The van der Waals surface area contributed by atoms with Crippen LogP contribution in [0.2, 0.25) is 0 Å². The first kappa shape index (κ1) is 23.3. The molecule has 1 amide bonds. The monoisotopic (exact) mass is 451 g/mol. The summed E-state index contributed by atoms with van der Waals surface area (Å²) in [5.74, 6) is 0.507. The lowest BCUT2D eigenvalue weighted by Gasteiger charge is -2.31. The average Bonchev–Trinajstić information content (AvgIpc) is 3.04. The van der Waals surface area contributed by atoms with Gasteiger partial charge in [0.2, 0.25) is 0 Å². The van der Waals surface area contributed by atoms with Crippen LogP contribution in [0.15, 0.2) is 47.4 Å². The zero-order valence-corrected chi connectivity index (χ0v) is 20.0. The highest BCUT2D eigenvalue weighted by atomic mass is 19.1. The van der Waals surface area contributed by atoms with Gasteiger partial charge in [0, 0.05) is 30.9 Å². The standard InChI is InChI=1S/C27H34FN3O2/c1-5-21-17-23(27(32)31-14-8-6-7-10-19(31)3)29-24(30(21)4)16-18(2)22-13-12-20-11-9-15-33-26(20)25(22)28/h12-13,16-17,19H,2,5-11,14-15H2,1,3-4H3/b24-16-. The molecule has 0 N–H and O–H groups in total. The summed E-state index contributed by atoms with van der Waals surface area (Å²) in [5.41, 5.74) is 3.22. The summed E-state index contributed by atoms with van der Waals surface area (Å²) in [6.45, 7) is 9.57. The van der Waals surface area contributed by atoms with Gasteiger partial charge in [-0.25, -0.2) is 9.38 Å². The fraction of sp³-hybridized carbons (Fsp3) is 0.481. The minimum Gasteiger partial charge on any atom is -0.490 e. The molecule has 0 saturated carbocycles. The first-order chi connectivity index (χ1) is 15.9. The number of aryl methyl sites for hydroxylation is 1. The third-order valence-corrected chi connectivity index (χ3v) is 6.87. The Bertz CT molecular complexity index is 1040.